The lowest BCUT2D eigenvalue weighted by Gasteiger charge is -2.15. The average molecular weight is 219 g/mol. The van der Waals surface area contributed by atoms with Gasteiger partial charge in [-0.2, -0.15) is 0 Å². The van der Waals surface area contributed by atoms with Gasteiger partial charge in [0.05, 0.1) is 6.10 Å². The van der Waals surface area contributed by atoms with Crippen LogP contribution in [0.15, 0.2) is 24.3 Å². The molecule has 1 N–H and O–H groups in total. The Balaban J connectivity index is 2.01. The molecule has 1 fully saturated rings. The minimum Gasteiger partial charge on any atom is -0.372 e. The van der Waals surface area contributed by atoms with E-state index in [1.807, 2.05) is 0 Å². The molecule has 0 bridgehead atoms. The third kappa shape index (κ3) is 3.06. The molecule has 0 amide bonds. The van der Waals surface area contributed by atoms with Gasteiger partial charge in [-0.3, -0.25) is 0 Å². The lowest BCUT2D eigenvalue weighted by molar-refractivity contribution is 0.0669. The van der Waals surface area contributed by atoms with Crippen molar-refractivity contribution in [3.63, 3.8) is 0 Å². The molecule has 88 valence electrons. The Morgan fingerprint density at radius 3 is 2.88 bits per heavy atom. The number of hydrogen-bond acceptors (Lipinski definition) is 2. The molecule has 2 nitrogen and oxygen atoms in total. The summed E-state index contributed by atoms with van der Waals surface area (Å²) in [5.74, 6) is 0. The normalized spacial score (nSPS) is 21.7. The van der Waals surface area contributed by atoms with Crippen molar-refractivity contribution in [2.45, 2.75) is 32.3 Å². The van der Waals surface area contributed by atoms with Gasteiger partial charge in [-0.25, -0.2) is 0 Å². The highest BCUT2D eigenvalue weighted by Gasteiger charge is 2.13. The Bertz CT molecular complexity index is 299. The Morgan fingerprint density at radius 1 is 1.31 bits per heavy atom. The minimum absolute atomic E-state index is 0.234. The maximum Gasteiger partial charge on any atom is 0.0949 e. The highest BCUT2D eigenvalue weighted by molar-refractivity contribution is 5.24. The molecular formula is C14H21NO. The summed E-state index contributed by atoms with van der Waals surface area (Å²) in [6, 6.07) is 8.88. The second-order valence-electron chi connectivity index (χ2n) is 4.41. The molecule has 1 heterocycles. The van der Waals surface area contributed by atoms with Gasteiger partial charge in [0.2, 0.25) is 0 Å². The van der Waals surface area contributed by atoms with Crippen molar-refractivity contribution >= 4 is 0 Å². The molecule has 0 saturated carbocycles. The molecule has 16 heavy (non-hydrogen) atoms. The zero-order valence-electron chi connectivity index (χ0n) is 10.0. The molecule has 1 aromatic rings. The van der Waals surface area contributed by atoms with Crippen molar-refractivity contribution in [1.29, 1.82) is 0 Å². The number of hydrogen-bond donors (Lipinski definition) is 1. The smallest absolute Gasteiger partial charge is 0.0949 e. The highest BCUT2D eigenvalue weighted by Crippen LogP contribution is 2.19. The van der Waals surface area contributed by atoms with Crippen molar-refractivity contribution in [3.8, 4) is 0 Å². The molecule has 1 aliphatic heterocycles. The summed E-state index contributed by atoms with van der Waals surface area (Å²) in [6.45, 7) is 5.10. The first kappa shape index (κ1) is 11.6. The van der Waals surface area contributed by atoms with E-state index >= 15 is 0 Å². The minimum atomic E-state index is 0.234. The predicted octanol–water partition coefficient (Wildman–Crippen LogP) is 2.69. The molecule has 2 rings (SSSR count). The van der Waals surface area contributed by atoms with E-state index in [1.54, 1.807) is 0 Å². The molecule has 0 aliphatic carbocycles. The largest absolute Gasteiger partial charge is 0.372 e. The number of rotatable bonds is 3. The quantitative estimate of drug-likeness (QED) is 0.844. The van der Waals surface area contributed by atoms with E-state index in [4.69, 9.17) is 4.74 Å². The van der Waals surface area contributed by atoms with Crippen LogP contribution in [0.3, 0.4) is 0 Å². The van der Waals surface area contributed by atoms with E-state index in [9.17, 15) is 0 Å². The lowest BCUT2D eigenvalue weighted by atomic mass is 10.0. The first-order chi connectivity index (χ1) is 7.90. The highest BCUT2D eigenvalue weighted by atomic mass is 16.5. The third-order valence-electron chi connectivity index (χ3n) is 3.04. The molecule has 0 radical (unpaired) electrons. The molecule has 0 spiro atoms. The average Bonchev–Trinajstić information content (AvgIpc) is 2.59. The summed E-state index contributed by atoms with van der Waals surface area (Å²) in [5.41, 5.74) is 2.72. The maximum absolute atomic E-state index is 5.83. The Labute approximate surface area is 98.0 Å². The van der Waals surface area contributed by atoms with Crippen molar-refractivity contribution in [2.75, 3.05) is 19.7 Å². The second kappa shape index (κ2) is 6.02. The van der Waals surface area contributed by atoms with E-state index in [0.717, 1.165) is 26.1 Å². The van der Waals surface area contributed by atoms with Gasteiger partial charge < -0.3 is 10.1 Å². The van der Waals surface area contributed by atoms with Crippen molar-refractivity contribution < 1.29 is 4.74 Å². The lowest BCUT2D eigenvalue weighted by Crippen LogP contribution is -2.20. The summed E-state index contributed by atoms with van der Waals surface area (Å²) in [4.78, 5) is 0. The van der Waals surface area contributed by atoms with Gasteiger partial charge in [0, 0.05) is 13.2 Å². The number of aryl methyl sites for hydroxylation is 1. The van der Waals surface area contributed by atoms with Crippen molar-refractivity contribution in [2.24, 2.45) is 0 Å². The fraction of sp³-hybridized carbons (Fsp3) is 0.571. The van der Waals surface area contributed by atoms with E-state index in [-0.39, 0.29) is 6.10 Å². The SMILES string of the molecule is CCCc1ccc(C2CNCCCO2)cc1. The summed E-state index contributed by atoms with van der Waals surface area (Å²) in [5, 5.41) is 3.41. The van der Waals surface area contributed by atoms with Crippen LogP contribution in [0, 0.1) is 0 Å². The van der Waals surface area contributed by atoms with E-state index in [1.165, 1.54) is 24.0 Å². The molecule has 1 unspecified atom stereocenters. The van der Waals surface area contributed by atoms with Crippen molar-refractivity contribution in [1.82, 2.24) is 5.32 Å². The van der Waals surface area contributed by atoms with Crippen LogP contribution < -0.4 is 5.32 Å². The number of benzene rings is 1. The van der Waals surface area contributed by atoms with Crippen LogP contribution in [0.5, 0.6) is 0 Å². The van der Waals surface area contributed by atoms with Crippen LogP contribution in [0.1, 0.15) is 37.0 Å². The zero-order chi connectivity index (χ0) is 11.2. The van der Waals surface area contributed by atoms with Crippen molar-refractivity contribution in [3.05, 3.63) is 35.4 Å². The fourth-order valence-electron chi connectivity index (χ4n) is 2.12. The molecule has 1 saturated heterocycles. The first-order valence-electron chi connectivity index (χ1n) is 6.31. The molecule has 1 aliphatic rings. The molecule has 1 atom stereocenters. The summed E-state index contributed by atoms with van der Waals surface area (Å²) >= 11 is 0. The van der Waals surface area contributed by atoms with E-state index in [0.29, 0.717) is 0 Å². The molecule has 0 aromatic heterocycles. The van der Waals surface area contributed by atoms with Crippen LogP contribution in [0.2, 0.25) is 0 Å². The van der Waals surface area contributed by atoms with Crippen LogP contribution in [0.25, 0.3) is 0 Å². The third-order valence-corrected chi connectivity index (χ3v) is 3.04. The molecule has 1 aromatic carbocycles. The molecular weight excluding hydrogens is 198 g/mol. The second-order valence-corrected chi connectivity index (χ2v) is 4.41. The van der Waals surface area contributed by atoms with E-state index < -0.39 is 0 Å². The predicted molar refractivity (Wildman–Crippen MR) is 66.6 cm³/mol. The van der Waals surface area contributed by atoms with Gasteiger partial charge in [0.15, 0.2) is 0 Å². The summed E-state index contributed by atoms with van der Waals surface area (Å²) in [6.07, 6.45) is 3.73. The van der Waals surface area contributed by atoms with Crippen LogP contribution >= 0.6 is 0 Å². The van der Waals surface area contributed by atoms with Gasteiger partial charge in [0.1, 0.15) is 0 Å². The zero-order valence-corrected chi connectivity index (χ0v) is 10.0. The Kier molecular flexibility index (Phi) is 4.37. The van der Waals surface area contributed by atoms with Gasteiger partial charge in [-0.15, -0.1) is 0 Å². The van der Waals surface area contributed by atoms with E-state index in [2.05, 4.69) is 36.5 Å². The Morgan fingerprint density at radius 2 is 2.12 bits per heavy atom. The Hall–Kier alpha value is -0.860. The van der Waals surface area contributed by atoms with Crippen LogP contribution in [-0.4, -0.2) is 19.7 Å². The van der Waals surface area contributed by atoms with Crippen LogP contribution in [-0.2, 0) is 11.2 Å². The standard InChI is InChI=1S/C14H21NO/c1-2-4-12-5-7-13(8-6-12)14-11-15-9-3-10-16-14/h5-8,14-15H,2-4,9-11H2,1H3. The molecule has 2 heteroatoms. The van der Waals surface area contributed by atoms with Gasteiger partial charge in [-0.05, 0) is 30.5 Å². The summed E-state index contributed by atoms with van der Waals surface area (Å²) < 4.78 is 5.83. The number of nitrogens with one attached hydrogen (secondary N) is 1. The number of ether oxygens (including phenoxy) is 1. The van der Waals surface area contributed by atoms with Gasteiger partial charge in [0.25, 0.3) is 0 Å². The summed E-state index contributed by atoms with van der Waals surface area (Å²) in [7, 11) is 0. The monoisotopic (exact) mass is 219 g/mol. The maximum atomic E-state index is 5.83. The van der Waals surface area contributed by atoms with Crippen LogP contribution in [0.4, 0.5) is 0 Å². The van der Waals surface area contributed by atoms with Gasteiger partial charge >= 0.3 is 0 Å². The first-order valence-corrected chi connectivity index (χ1v) is 6.31. The fourth-order valence-corrected chi connectivity index (χ4v) is 2.12. The van der Waals surface area contributed by atoms with Gasteiger partial charge in [-0.1, -0.05) is 37.6 Å². The topological polar surface area (TPSA) is 21.3 Å².